The molecule has 320 valence electrons. The highest BCUT2D eigenvalue weighted by atomic mass is 16.8. The summed E-state index contributed by atoms with van der Waals surface area (Å²) in [5, 5.41) is 100. The molecule has 6 fully saturated rings. The first-order chi connectivity index (χ1) is 25.5. The van der Waals surface area contributed by atoms with E-state index >= 15 is 0 Å². The maximum absolute atomic E-state index is 12.3. The molecule has 55 heavy (non-hydrogen) atoms. The van der Waals surface area contributed by atoms with Crippen LogP contribution in [0.5, 0.6) is 0 Å². The molecule has 13 heteroatoms. The van der Waals surface area contributed by atoms with E-state index in [2.05, 4.69) is 34.6 Å². The number of aliphatic hydroxyl groups excluding tert-OH is 8. The Kier molecular flexibility index (Phi) is 12.4. The van der Waals surface area contributed by atoms with Gasteiger partial charge in [-0.1, -0.05) is 61.3 Å². The van der Waals surface area contributed by atoms with Gasteiger partial charge in [0.2, 0.25) is 0 Å². The minimum absolute atomic E-state index is 0.0506. The van der Waals surface area contributed by atoms with Crippen LogP contribution in [-0.4, -0.2) is 138 Å². The molecule has 2 heterocycles. The van der Waals surface area contributed by atoms with Gasteiger partial charge in [0, 0.05) is 0 Å². The zero-order valence-electron chi connectivity index (χ0n) is 34.6. The van der Waals surface area contributed by atoms with Crippen LogP contribution in [-0.2, 0) is 18.9 Å². The molecule has 2 saturated heterocycles. The van der Waals surface area contributed by atoms with Gasteiger partial charge in [0.1, 0.15) is 42.7 Å². The molecule has 2 aliphatic heterocycles. The monoisotopic (exact) mass is 787 g/mol. The van der Waals surface area contributed by atoms with E-state index in [0.717, 1.165) is 25.7 Å². The molecule has 0 radical (unpaired) electrons. The van der Waals surface area contributed by atoms with Gasteiger partial charge in [-0.25, -0.2) is 0 Å². The Bertz CT molecular complexity index is 1330. The molecule has 4 saturated carbocycles. The van der Waals surface area contributed by atoms with Gasteiger partial charge in [0.05, 0.1) is 36.6 Å². The van der Waals surface area contributed by atoms with E-state index in [4.69, 9.17) is 18.9 Å². The van der Waals surface area contributed by atoms with Gasteiger partial charge < -0.3 is 64.9 Å². The molecule has 6 rings (SSSR count). The summed E-state index contributed by atoms with van der Waals surface area (Å²) in [5.41, 5.74) is -2.83. The van der Waals surface area contributed by atoms with Crippen molar-refractivity contribution < 1.29 is 64.9 Å². The molecule has 0 aromatic carbocycles. The maximum atomic E-state index is 12.3. The van der Waals surface area contributed by atoms with Crippen molar-refractivity contribution in [3.63, 3.8) is 0 Å². The third-order valence-electron chi connectivity index (χ3n) is 16.7. The summed E-state index contributed by atoms with van der Waals surface area (Å²) in [6.45, 7) is 18.2. The molecule has 6 aliphatic rings. The second-order valence-corrected chi connectivity index (χ2v) is 20.7. The second-order valence-electron chi connectivity index (χ2n) is 20.7. The van der Waals surface area contributed by atoms with E-state index in [1.54, 1.807) is 0 Å². The van der Waals surface area contributed by atoms with Gasteiger partial charge in [-0.3, -0.25) is 0 Å². The first-order valence-corrected chi connectivity index (χ1v) is 21.2. The lowest BCUT2D eigenvalue weighted by molar-refractivity contribution is -0.382. The van der Waals surface area contributed by atoms with E-state index in [9.17, 15) is 46.0 Å². The molecule has 13 nitrogen and oxygen atoms in total. The number of rotatable bonds is 10. The van der Waals surface area contributed by atoms with Crippen LogP contribution in [0.4, 0.5) is 0 Å². The lowest BCUT2D eigenvalue weighted by Crippen LogP contribution is -2.71. The zero-order chi connectivity index (χ0) is 40.8. The highest BCUT2D eigenvalue weighted by molar-refractivity contribution is 5.22. The fraction of sp³-hybridized carbons (Fsp3) is 1.00. The Morgan fingerprint density at radius 2 is 1.47 bits per heavy atom. The van der Waals surface area contributed by atoms with Crippen molar-refractivity contribution in [1.29, 1.82) is 0 Å². The molecule has 0 amide bonds. The topological polar surface area (TPSA) is 219 Å². The van der Waals surface area contributed by atoms with Gasteiger partial charge in [0.25, 0.3) is 0 Å². The standard InChI is InChI=1S/C42H74O13/c1-20(2)11-10-14-42(9,51)22-12-16-40(7)28(22)23(44)17-26-39(6)15-13-27(45)38(4,5)35(39)24(18-41(26,40)8)53-37-34(32(49)30(47)25(19-43)54-37)55-36-33(50)31(48)29(46)21(3)52-36/h20-37,43-51H,10-19H2,1-9H3/t21-,22?,23+,24-,25+,26?,27-,28?,29-,30+,31+,32-,33+,34+,35?,36-,37-,39+,40+,41+,42+/m0/s1. The van der Waals surface area contributed by atoms with E-state index in [-0.39, 0.29) is 23.7 Å². The highest BCUT2D eigenvalue weighted by Gasteiger charge is 2.73. The predicted molar refractivity (Wildman–Crippen MR) is 201 cm³/mol. The lowest BCUT2D eigenvalue weighted by Gasteiger charge is -2.72. The minimum atomic E-state index is -1.69. The summed E-state index contributed by atoms with van der Waals surface area (Å²) in [4.78, 5) is 0. The Hall–Kier alpha value is -0.520. The molecule has 0 aromatic heterocycles. The van der Waals surface area contributed by atoms with Crippen LogP contribution in [0.3, 0.4) is 0 Å². The van der Waals surface area contributed by atoms with Gasteiger partial charge in [-0.2, -0.15) is 0 Å². The van der Waals surface area contributed by atoms with Crippen molar-refractivity contribution in [1.82, 2.24) is 0 Å². The third-order valence-corrected chi connectivity index (χ3v) is 16.7. The second kappa shape index (κ2) is 15.5. The first-order valence-electron chi connectivity index (χ1n) is 21.2. The van der Waals surface area contributed by atoms with Crippen LogP contribution in [0.25, 0.3) is 0 Å². The average Bonchev–Trinajstić information content (AvgIpc) is 3.49. The summed E-state index contributed by atoms with van der Waals surface area (Å²) in [6, 6.07) is 0. The number of aliphatic hydroxyl groups is 9. The van der Waals surface area contributed by atoms with Crippen LogP contribution in [0.2, 0.25) is 0 Å². The van der Waals surface area contributed by atoms with Crippen LogP contribution in [0.15, 0.2) is 0 Å². The highest BCUT2D eigenvalue weighted by Crippen LogP contribution is 2.76. The predicted octanol–water partition coefficient (Wildman–Crippen LogP) is 2.23. The Morgan fingerprint density at radius 1 is 0.800 bits per heavy atom. The Labute approximate surface area is 327 Å². The molecular weight excluding hydrogens is 712 g/mol. The summed E-state index contributed by atoms with van der Waals surface area (Å²) < 4.78 is 25.1. The van der Waals surface area contributed by atoms with E-state index in [1.165, 1.54) is 6.92 Å². The molecule has 4 unspecified atom stereocenters. The number of ether oxygens (including phenoxy) is 4. The molecule has 0 spiro atoms. The van der Waals surface area contributed by atoms with Crippen molar-refractivity contribution in [2.24, 2.45) is 51.2 Å². The van der Waals surface area contributed by atoms with Crippen molar-refractivity contribution in [2.45, 2.75) is 205 Å². The molecule has 21 atom stereocenters. The minimum Gasteiger partial charge on any atom is -0.394 e. The van der Waals surface area contributed by atoms with Crippen LogP contribution in [0, 0.1) is 51.2 Å². The van der Waals surface area contributed by atoms with Crippen LogP contribution >= 0.6 is 0 Å². The smallest absolute Gasteiger partial charge is 0.187 e. The molecule has 0 bridgehead atoms. The molecule has 9 N–H and O–H groups in total. The summed E-state index contributed by atoms with van der Waals surface area (Å²) in [6.07, 6.45) is -9.74. The van der Waals surface area contributed by atoms with Gasteiger partial charge in [0.15, 0.2) is 12.6 Å². The molecular formula is C42H74O13. The van der Waals surface area contributed by atoms with E-state index < -0.39 is 114 Å². The third kappa shape index (κ3) is 7.18. The largest absolute Gasteiger partial charge is 0.394 e. The fourth-order valence-electron chi connectivity index (χ4n) is 13.5. The van der Waals surface area contributed by atoms with E-state index in [1.807, 2.05) is 20.8 Å². The molecule has 0 aromatic rings. The number of hydrogen-bond acceptors (Lipinski definition) is 13. The Morgan fingerprint density at radius 3 is 2.11 bits per heavy atom. The van der Waals surface area contributed by atoms with Crippen molar-refractivity contribution >= 4 is 0 Å². The molecule has 4 aliphatic carbocycles. The SMILES string of the molecule is CC(C)CCC[C@@](C)(O)C1CC[C@]2(C)C1[C@H](O)CC1[C@@]3(C)CC[C@H](O)C(C)(C)C3[C@@H](O[C@H]3O[C@H](CO)[C@@H](O)[C@H](O)[C@H]3O[C@@H]3O[C@@H](C)[C@H](O)[C@@H](O)[C@H]3O)C[C@]12C. The van der Waals surface area contributed by atoms with Crippen molar-refractivity contribution in [3.8, 4) is 0 Å². The number of hydrogen-bond donors (Lipinski definition) is 9. The van der Waals surface area contributed by atoms with Crippen LogP contribution < -0.4 is 0 Å². The zero-order valence-corrected chi connectivity index (χ0v) is 34.6. The van der Waals surface area contributed by atoms with Gasteiger partial charge in [-0.15, -0.1) is 0 Å². The van der Waals surface area contributed by atoms with Gasteiger partial charge in [-0.05, 0) is 110 Å². The average molecular weight is 787 g/mol. The van der Waals surface area contributed by atoms with Crippen molar-refractivity contribution in [2.75, 3.05) is 6.61 Å². The quantitative estimate of drug-likeness (QED) is 0.145. The summed E-state index contributed by atoms with van der Waals surface area (Å²) in [5.74, 6) is 0.0764. The number of fused-ring (bicyclic) bond motifs is 5. The van der Waals surface area contributed by atoms with Gasteiger partial charge >= 0.3 is 0 Å². The van der Waals surface area contributed by atoms with Crippen molar-refractivity contribution in [3.05, 3.63) is 0 Å². The maximum Gasteiger partial charge on any atom is 0.187 e. The lowest BCUT2D eigenvalue weighted by atomic mass is 9.34. The fourth-order valence-corrected chi connectivity index (χ4v) is 13.5. The van der Waals surface area contributed by atoms with E-state index in [0.29, 0.717) is 38.0 Å². The summed E-state index contributed by atoms with van der Waals surface area (Å²) in [7, 11) is 0. The first kappa shape index (κ1) is 44.0. The normalized spacial score (nSPS) is 53.6. The Balaban J connectivity index is 1.38. The summed E-state index contributed by atoms with van der Waals surface area (Å²) >= 11 is 0. The van der Waals surface area contributed by atoms with Crippen LogP contribution in [0.1, 0.15) is 120 Å².